The van der Waals surface area contributed by atoms with Gasteiger partial charge in [-0.1, -0.05) is 31.2 Å². The highest BCUT2D eigenvalue weighted by molar-refractivity contribution is 5.93. The number of rotatable bonds is 8. The number of nitrogens with one attached hydrogen (secondary N) is 2. The van der Waals surface area contributed by atoms with Gasteiger partial charge in [0.25, 0.3) is 0 Å². The number of hydrogen-bond donors (Lipinski definition) is 3. The monoisotopic (exact) mass is 431 g/mol. The van der Waals surface area contributed by atoms with Gasteiger partial charge >= 0.3 is 5.97 Å². The van der Waals surface area contributed by atoms with Gasteiger partial charge in [-0.15, -0.1) is 0 Å². The van der Waals surface area contributed by atoms with E-state index in [1.807, 2.05) is 6.07 Å². The second-order valence-corrected chi connectivity index (χ2v) is 8.10. The van der Waals surface area contributed by atoms with Crippen molar-refractivity contribution in [2.45, 2.75) is 32.7 Å². The topological polar surface area (TPSA) is 83.5 Å². The fourth-order valence-corrected chi connectivity index (χ4v) is 4.21. The zero-order valence-electron chi connectivity index (χ0n) is 18.5. The number of nitrogens with zero attached hydrogens (tertiary/aromatic N) is 1. The number of aromatic carboxylic acids is 1. The minimum absolute atomic E-state index is 0.0977. The average Bonchev–Trinajstić information content (AvgIpc) is 2.81. The summed E-state index contributed by atoms with van der Waals surface area (Å²) in [6.07, 6.45) is 5.01. The lowest BCUT2D eigenvalue weighted by atomic mass is 9.89. The van der Waals surface area contributed by atoms with Crippen LogP contribution in [0.4, 0.5) is 5.69 Å². The first-order valence-electron chi connectivity index (χ1n) is 11.1. The molecule has 0 spiro atoms. The fraction of sp³-hybridized carbons (Fsp3) is 0.308. The Balaban J connectivity index is 1.53. The molecular weight excluding hydrogens is 402 g/mol. The van der Waals surface area contributed by atoms with Gasteiger partial charge in [-0.25, -0.2) is 4.79 Å². The van der Waals surface area contributed by atoms with Crippen LogP contribution in [-0.4, -0.2) is 35.8 Å². The number of ether oxygens (including phenoxy) is 1. The lowest BCUT2D eigenvalue weighted by Crippen LogP contribution is -2.34. The van der Waals surface area contributed by atoms with Crippen LogP contribution in [-0.2, 0) is 6.42 Å². The molecule has 0 fully saturated rings. The van der Waals surface area contributed by atoms with Gasteiger partial charge in [-0.2, -0.15) is 0 Å². The van der Waals surface area contributed by atoms with Gasteiger partial charge in [0.1, 0.15) is 5.75 Å². The predicted molar refractivity (Wildman–Crippen MR) is 127 cm³/mol. The fourth-order valence-electron chi connectivity index (χ4n) is 4.21. The quantitative estimate of drug-likeness (QED) is 0.473. The average molecular weight is 432 g/mol. The van der Waals surface area contributed by atoms with Crippen LogP contribution >= 0.6 is 0 Å². The molecule has 0 radical (unpaired) electrons. The van der Waals surface area contributed by atoms with E-state index < -0.39 is 5.97 Å². The summed E-state index contributed by atoms with van der Waals surface area (Å²) in [6, 6.07) is 14.5. The van der Waals surface area contributed by atoms with Crippen LogP contribution in [0, 0.1) is 6.92 Å². The van der Waals surface area contributed by atoms with Gasteiger partial charge in [-0.3, -0.25) is 4.98 Å². The maximum absolute atomic E-state index is 11.5. The normalized spacial score (nSPS) is 15.1. The standard InChI is InChI=1S/C26H29N3O3/c1-3-12-32-20-5-7-21(17(2)13-20)18-4-6-22-19(14-18)8-11-28-25(22)16-29-24-15-27-10-9-23(24)26(30)31/h4-7,9-10,13-15,25,28-29H,3,8,11-12,16H2,1-2H3,(H,30,31)/t25-/m1/s1. The van der Waals surface area contributed by atoms with Crippen molar-refractivity contribution in [3.8, 4) is 16.9 Å². The zero-order valence-corrected chi connectivity index (χ0v) is 18.5. The highest BCUT2D eigenvalue weighted by Gasteiger charge is 2.21. The molecule has 4 rings (SSSR count). The highest BCUT2D eigenvalue weighted by atomic mass is 16.5. The van der Waals surface area contributed by atoms with E-state index in [9.17, 15) is 9.90 Å². The number of pyridine rings is 1. The van der Waals surface area contributed by atoms with Crippen molar-refractivity contribution >= 4 is 11.7 Å². The summed E-state index contributed by atoms with van der Waals surface area (Å²) in [6.45, 7) is 6.42. The molecule has 3 N–H and O–H groups in total. The molecule has 1 atom stereocenters. The van der Waals surface area contributed by atoms with Gasteiger partial charge in [0, 0.05) is 18.8 Å². The summed E-state index contributed by atoms with van der Waals surface area (Å²) in [5, 5.41) is 16.2. The Labute approximate surface area is 188 Å². The van der Waals surface area contributed by atoms with Crippen molar-refractivity contribution in [2.24, 2.45) is 0 Å². The molecule has 32 heavy (non-hydrogen) atoms. The van der Waals surface area contributed by atoms with E-state index in [1.165, 1.54) is 40.1 Å². The molecule has 0 saturated heterocycles. The minimum atomic E-state index is -0.960. The van der Waals surface area contributed by atoms with E-state index in [0.717, 1.165) is 31.7 Å². The summed E-state index contributed by atoms with van der Waals surface area (Å²) in [7, 11) is 0. The summed E-state index contributed by atoms with van der Waals surface area (Å²) < 4.78 is 5.76. The van der Waals surface area contributed by atoms with E-state index in [-0.39, 0.29) is 11.6 Å². The smallest absolute Gasteiger partial charge is 0.337 e. The molecule has 1 aliphatic heterocycles. The lowest BCUT2D eigenvalue weighted by molar-refractivity contribution is 0.0697. The van der Waals surface area contributed by atoms with Gasteiger partial charge in [0.05, 0.1) is 24.1 Å². The van der Waals surface area contributed by atoms with Crippen LogP contribution < -0.4 is 15.4 Å². The number of carboxylic acids is 1. The minimum Gasteiger partial charge on any atom is -0.494 e. The molecule has 0 aliphatic carbocycles. The van der Waals surface area contributed by atoms with Crippen LogP contribution in [0.2, 0.25) is 0 Å². The second kappa shape index (κ2) is 9.83. The Morgan fingerprint density at radius 3 is 2.91 bits per heavy atom. The van der Waals surface area contributed by atoms with Crippen molar-refractivity contribution in [2.75, 3.05) is 25.0 Å². The molecule has 0 saturated carbocycles. The number of carboxylic acid groups (broad SMARTS) is 1. The van der Waals surface area contributed by atoms with Gasteiger partial charge < -0.3 is 20.5 Å². The molecule has 1 aliphatic rings. The lowest BCUT2D eigenvalue weighted by Gasteiger charge is -2.28. The number of aryl methyl sites for hydroxylation is 1. The maximum atomic E-state index is 11.5. The predicted octanol–water partition coefficient (Wildman–Crippen LogP) is 4.84. The molecule has 3 aromatic rings. The van der Waals surface area contributed by atoms with Crippen LogP contribution in [0.25, 0.3) is 11.1 Å². The second-order valence-electron chi connectivity index (χ2n) is 8.10. The van der Waals surface area contributed by atoms with E-state index in [2.05, 4.69) is 59.8 Å². The Kier molecular flexibility index (Phi) is 6.71. The highest BCUT2D eigenvalue weighted by Crippen LogP contribution is 2.32. The Hall–Kier alpha value is -3.38. The molecule has 0 unspecified atom stereocenters. The first kappa shape index (κ1) is 21.8. The van der Waals surface area contributed by atoms with Crippen molar-refractivity contribution in [1.29, 1.82) is 0 Å². The van der Waals surface area contributed by atoms with Gasteiger partial charge in [0.2, 0.25) is 0 Å². The number of hydrogen-bond acceptors (Lipinski definition) is 5. The number of fused-ring (bicyclic) bond motifs is 1. The molecule has 0 amide bonds. The molecule has 1 aromatic heterocycles. The molecule has 2 aromatic carbocycles. The van der Waals surface area contributed by atoms with Crippen molar-refractivity contribution < 1.29 is 14.6 Å². The maximum Gasteiger partial charge on any atom is 0.337 e. The first-order chi connectivity index (χ1) is 15.6. The van der Waals surface area contributed by atoms with Crippen LogP contribution in [0.15, 0.2) is 54.9 Å². The third kappa shape index (κ3) is 4.75. The number of carbonyl (C=O) groups is 1. The molecule has 166 valence electrons. The summed E-state index contributed by atoms with van der Waals surface area (Å²) in [4.78, 5) is 15.5. The van der Waals surface area contributed by atoms with Gasteiger partial charge in [-0.05, 0) is 72.3 Å². The van der Waals surface area contributed by atoms with E-state index in [1.54, 1.807) is 6.20 Å². The molecule has 0 bridgehead atoms. The van der Waals surface area contributed by atoms with E-state index in [4.69, 9.17) is 4.74 Å². The molecule has 6 heteroatoms. The molecule has 2 heterocycles. The largest absolute Gasteiger partial charge is 0.494 e. The Morgan fingerprint density at radius 2 is 2.12 bits per heavy atom. The number of benzene rings is 2. The third-order valence-corrected chi connectivity index (χ3v) is 5.83. The van der Waals surface area contributed by atoms with Crippen molar-refractivity contribution in [3.63, 3.8) is 0 Å². The molecular formula is C26H29N3O3. The van der Waals surface area contributed by atoms with Crippen LogP contribution in [0.5, 0.6) is 5.75 Å². The van der Waals surface area contributed by atoms with Crippen molar-refractivity contribution in [1.82, 2.24) is 10.3 Å². The summed E-state index contributed by atoms with van der Waals surface area (Å²) in [5.41, 5.74) is 6.95. The van der Waals surface area contributed by atoms with Crippen LogP contribution in [0.3, 0.4) is 0 Å². The zero-order chi connectivity index (χ0) is 22.5. The summed E-state index contributed by atoms with van der Waals surface area (Å²) in [5.74, 6) is -0.0458. The number of aromatic nitrogens is 1. The van der Waals surface area contributed by atoms with Gasteiger partial charge in [0.15, 0.2) is 0 Å². The molecule has 6 nitrogen and oxygen atoms in total. The van der Waals surface area contributed by atoms with Crippen molar-refractivity contribution in [3.05, 3.63) is 77.1 Å². The van der Waals surface area contributed by atoms with E-state index in [0.29, 0.717) is 12.2 Å². The number of anilines is 1. The SMILES string of the molecule is CCCOc1ccc(-c2ccc3c(c2)CCN[C@@H]3CNc2cnccc2C(=O)O)c(C)c1. The third-order valence-electron chi connectivity index (χ3n) is 5.83. The Morgan fingerprint density at radius 1 is 1.25 bits per heavy atom. The van der Waals surface area contributed by atoms with E-state index >= 15 is 0 Å². The summed E-state index contributed by atoms with van der Waals surface area (Å²) >= 11 is 0. The Bertz CT molecular complexity index is 1110. The first-order valence-corrected chi connectivity index (χ1v) is 11.1. The van der Waals surface area contributed by atoms with Crippen LogP contribution in [0.1, 0.15) is 46.4 Å².